The maximum absolute atomic E-state index is 11.6. The van der Waals surface area contributed by atoms with Gasteiger partial charge in [0, 0.05) is 0 Å². The van der Waals surface area contributed by atoms with Gasteiger partial charge in [-0.2, -0.15) is 0 Å². The summed E-state index contributed by atoms with van der Waals surface area (Å²) in [5, 5.41) is 18.8. The summed E-state index contributed by atoms with van der Waals surface area (Å²) in [5.41, 5.74) is 7.99. The zero-order valence-electron chi connectivity index (χ0n) is 13.5. The monoisotopic (exact) mass is 314 g/mol. The van der Waals surface area contributed by atoms with Crippen LogP contribution < -0.4 is 10.9 Å². The number of aliphatic carboxylic acids is 1. The van der Waals surface area contributed by atoms with Gasteiger partial charge in [-0.25, -0.2) is 0 Å². The van der Waals surface area contributed by atoms with Gasteiger partial charge in [-0.05, 0) is 47.4 Å². The molecule has 0 bridgehead atoms. The third kappa shape index (κ3) is 4.39. The Kier molecular flexibility index (Phi) is 4.79. The summed E-state index contributed by atoms with van der Waals surface area (Å²) in [6, 6.07) is 14.0. The maximum Gasteiger partial charge on any atom is 0.311 e. The molecule has 0 aromatic heterocycles. The number of hydrazine groups is 1. The largest absolute Gasteiger partial charge is 0.508 e. The molecule has 0 fully saturated rings. The molecule has 0 aliphatic carbocycles. The van der Waals surface area contributed by atoms with Crippen LogP contribution in [0.25, 0.3) is 0 Å². The molecule has 1 unspecified atom stereocenters. The van der Waals surface area contributed by atoms with E-state index < -0.39 is 11.9 Å². The molecule has 0 heterocycles. The van der Waals surface area contributed by atoms with Crippen molar-refractivity contribution in [1.29, 1.82) is 0 Å². The number of carboxylic acids is 1. The number of anilines is 2. The number of aromatic hydroxyl groups is 1. The second-order valence-electron chi connectivity index (χ2n) is 6.56. The molecule has 0 saturated heterocycles. The molecular weight excluding hydrogens is 292 g/mol. The number of phenols is 1. The van der Waals surface area contributed by atoms with Gasteiger partial charge in [0.25, 0.3) is 0 Å². The number of hydrogen-bond donors (Lipinski definition) is 4. The molecule has 0 amide bonds. The van der Waals surface area contributed by atoms with Gasteiger partial charge in [-0.3, -0.25) is 4.79 Å². The standard InChI is InChI=1S/C18H22N2O3/c1-18(2,3)16(17(22)23)12-5-4-6-14(11-12)20-19-13-7-9-15(21)10-8-13/h4-11,16,19-21H,1-3H3,(H,22,23). The Morgan fingerprint density at radius 1 is 1.00 bits per heavy atom. The average Bonchev–Trinajstić information content (AvgIpc) is 2.45. The van der Waals surface area contributed by atoms with E-state index in [1.54, 1.807) is 24.3 Å². The lowest BCUT2D eigenvalue weighted by atomic mass is 9.76. The van der Waals surface area contributed by atoms with E-state index in [1.165, 1.54) is 0 Å². The normalized spacial score (nSPS) is 12.5. The predicted octanol–water partition coefficient (Wildman–Crippen LogP) is 4.05. The Morgan fingerprint density at radius 3 is 2.17 bits per heavy atom. The second kappa shape index (κ2) is 6.60. The molecule has 122 valence electrons. The summed E-state index contributed by atoms with van der Waals surface area (Å²) >= 11 is 0. The summed E-state index contributed by atoms with van der Waals surface area (Å²) in [5.74, 6) is -1.22. The summed E-state index contributed by atoms with van der Waals surface area (Å²) < 4.78 is 0. The topological polar surface area (TPSA) is 81.6 Å². The zero-order chi connectivity index (χ0) is 17.0. The smallest absolute Gasteiger partial charge is 0.311 e. The molecule has 4 N–H and O–H groups in total. The molecular formula is C18H22N2O3. The van der Waals surface area contributed by atoms with Crippen LogP contribution in [0.3, 0.4) is 0 Å². The summed E-state index contributed by atoms with van der Waals surface area (Å²) in [7, 11) is 0. The van der Waals surface area contributed by atoms with E-state index in [9.17, 15) is 15.0 Å². The van der Waals surface area contributed by atoms with E-state index in [4.69, 9.17) is 0 Å². The lowest BCUT2D eigenvalue weighted by Crippen LogP contribution is -2.26. The molecule has 1 atom stereocenters. The van der Waals surface area contributed by atoms with Crippen LogP contribution >= 0.6 is 0 Å². The average molecular weight is 314 g/mol. The van der Waals surface area contributed by atoms with Crippen molar-refractivity contribution < 1.29 is 15.0 Å². The first-order chi connectivity index (χ1) is 10.8. The number of benzene rings is 2. The van der Waals surface area contributed by atoms with Gasteiger partial charge in [0.05, 0.1) is 17.3 Å². The summed E-state index contributed by atoms with van der Waals surface area (Å²) in [4.78, 5) is 11.6. The Labute approximate surface area is 135 Å². The van der Waals surface area contributed by atoms with Crippen molar-refractivity contribution in [2.24, 2.45) is 5.41 Å². The molecule has 5 heteroatoms. The van der Waals surface area contributed by atoms with Crippen LogP contribution in [0.1, 0.15) is 32.3 Å². The van der Waals surface area contributed by atoms with Crippen LogP contribution in [0, 0.1) is 5.41 Å². The molecule has 2 aromatic rings. The molecule has 0 aliphatic heterocycles. The van der Waals surface area contributed by atoms with Gasteiger partial charge in [0.15, 0.2) is 0 Å². The molecule has 2 aromatic carbocycles. The summed E-state index contributed by atoms with van der Waals surface area (Å²) in [6.45, 7) is 5.75. The predicted molar refractivity (Wildman–Crippen MR) is 91.6 cm³/mol. The Bertz CT molecular complexity index is 675. The van der Waals surface area contributed by atoms with Crippen LogP contribution in [-0.2, 0) is 4.79 Å². The van der Waals surface area contributed by atoms with E-state index in [1.807, 2.05) is 45.0 Å². The Morgan fingerprint density at radius 2 is 1.61 bits per heavy atom. The first kappa shape index (κ1) is 16.7. The highest BCUT2D eigenvalue weighted by Crippen LogP contribution is 2.36. The first-order valence-corrected chi connectivity index (χ1v) is 7.41. The maximum atomic E-state index is 11.6. The molecule has 23 heavy (non-hydrogen) atoms. The van der Waals surface area contributed by atoms with Crippen molar-refractivity contribution in [3.63, 3.8) is 0 Å². The highest BCUT2D eigenvalue weighted by atomic mass is 16.4. The van der Waals surface area contributed by atoms with Gasteiger partial charge in [0.2, 0.25) is 0 Å². The van der Waals surface area contributed by atoms with Crippen molar-refractivity contribution in [3.05, 3.63) is 54.1 Å². The van der Waals surface area contributed by atoms with Gasteiger partial charge in [-0.15, -0.1) is 0 Å². The van der Waals surface area contributed by atoms with Crippen molar-refractivity contribution in [1.82, 2.24) is 0 Å². The van der Waals surface area contributed by atoms with Gasteiger partial charge >= 0.3 is 5.97 Å². The minimum atomic E-state index is -0.832. The SMILES string of the molecule is CC(C)(C)C(C(=O)O)c1cccc(NNc2ccc(O)cc2)c1. The fraction of sp³-hybridized carbons (Fsp3) is 0.278. The van der Waals surface area contributed by atoms with E-state index in [-0.39, 0.29) is 11.2 Å². The van der Waals surface area contributed by atoms with Crippen molar-refractivity contribution >= 4 is 17.3 Å². The van der Waals surface area contributed by atoms with E-state index in [0.717, 1.165) is 16.9 Å². The van der Waals surface area contributed by atoms with E-state index >= 15 is 0 Å². The lowest BCUT2D eigenvalue weighted by molar-refractivity contribution is -0.141. The number of carboxylic acid groups (broad SMARTS) is 1. The minimum absolute atomic E-state index is 0.201. The Balaban J connectivity index is 2.16. The number of carbonyl (C=O) groups is 1. The highest BCUT2D eigenvalue weighted by molar-refractivity contribution is 5.77. The molecule has 5 nitrogen and oxygen atoms in total. The molecule has 0 saturated carbocycles. The van der Waals surface area contributed by atoms with Crippen LogP contribution in [-0.4, -0.2) is 16.2 Å². The van der Waals surface area contributed by atoms with Gasteiger partial charge in [-0.1, -0.05) is 32.9 Å². The highest BCUT2D eigenvalue weighted by Gasteiger charge is 2.32. The van der Waals surface area contributed by atoms with Gasteiger partial charge in [0.1, 0.15) is 5.75 Å². The van der Waals surface area contributed by atoms with Crippen molar-refractivity contribution in [3.8, 4) is 5.75 Å². The minimum Gasteiger partial charge on any atom is -0.508 e. The molecule has 2 rings (SSSR count). The van der Waals surface area contributed by atoms with Crippen molar-refractivity contribution in [2.45, 2.75) is 26.7 Å². The molecule has 0 aliphatic rings. The van der Waals surface area contributed by atoms with Crippen molar-refractivity contribution in [2.75, 3.05) is 10.9 Å². The zero-order valence-corrected chi connectivity index (χ0v) is 13.5. The van der Waals surface area contributed by atoms with Crippen LogP contribution in [0.15, 0.2) is 48.5 Å². The molecule has 0 spiro atoms. The van der Waals surface area contributed by atoms with Crippen LogP contribution in [0.5, 0.6) is 5.75 Å². The Hall–Kier alpha value is -2.69. The van der Waals surface area contributed by atoms with Gasteiger partial charge < -0.3 is 21.1 Å². The number of nitrogens with one attached hydrogen (secondary N) is 2. The number of hydrogen-bond acceptors (Lipinski definition) is 4. The number of phenolic OH excluding ortho intramolecular Hbond substituents is 1. The third-order valence-corrected chi connectivity index (χ3v) is 3.55. The first-order valence-electron chi connectivity index (χ1n) is 7.41. The fourth-order valence-electron chi connectivity index (χ4n) is 2.50. The second-order valence-corrected chi connectivity index (χ2v) is 6.56. The summed E-state index contributed by atoms with van der Waals surface area (Å²) in [6.07, 6.45) is 0. The van der Waals surface area contributed by atoms with Crippen LogP contribution in [0.4, 0.5) is 11.4 Å². The number of rotatable bonds is 5. The molecule has 0 radical (unpaired) electrons. The van der Waals surface area contributed by atoms with Crippen LogP contribution in [0.2, 0.25) is 0 Å². The fourth-order valence-corrected chi connectivity index (χ4v) is 2.50. The van der Waals surface area contributed by atoms with E-state index in [0.29, 0.717) is 0 Å². The lowest BCUT2D eigenvalue weighted by Gasteiger charge is -2.27. The quantitative estimate of drug-likeness (QED) is 0.494. The third-order valence-electron chi connectivity index (χ3n) is 3.55. The van der Waals surface area contributed by atoms with E-state index in [2.05, 4.69) is 10.9 Å².